The second-order valence-electron chi connectivity index (χ2n) is 2.42. The van der Waals surface area contributed by atoms with Crippen LogP contribution in [0, 0.1) is 0 Å². The van der Waals surface area contributed by atoms with Crippen LogP contribution in [0.4, 0.5) is 8.63 Å². The van der Waals surface area contributed by atoms with Crippen LogP contribution < -0.4 is 0 Å². The normalized spacial score (nSPS) is 11.5. The maximum atomic E-state index is 11.5. The first-order valence-corrected chi connectivity index (χ1v) is 5.97. The average Bonchev–Trinajstić information content (AvgIpc) is 2.17. The van der Waals surface area contributed by atoms with Gasteiger partial charge in [-0.15, -0.1) is 0 Å². The number of carbonyl (C=O) groups excluding carboxylic acids is 1. The lowest BCUT2D eigenvalue weighted by atomic mass is 10.4. The van der Waals surface area contributed by atoms with E-state index in [4.69, 9.17) is 15.2 Å². The Labute approximate surface area is 97.1 Å². The number of carbonyl (C=O) groups is 1. The third-order valence-corrected chi connectivity index (χ3v) is 3.27. The van der Waals surface area contributed by atoms with Crippen molar-refractivity contribution >= 4 is 21.4 Å². The van der Waals surface area contributed by atoms with Gasteiger partial charge in [-0.1, -0.05) is 0 Å². The quantitative estimate of drug-likeness (QED) is 0.271. The second-order valence-corrected chi connectivity index (χ2v) is 4.59. The number of aliphatic hydroxyl groups is 2. The Kier molecular flexibility index (Phi) is 9.69. The molecule has 0 aliphatic carbocycles. The number of hydrogen-bond donors (Lipinski definition) is 3. The SMILES string of the molecule is CCOP(=O)(OCC)C(O)(O)C=O.OB(F)F. The summed E-state index contributed by atoms with van der Waals surface area (Å²) in [4.78, 5) is 10.2. The van der Waals surface area contributed by atoms with Crippen LogP contribution >= 0.6 is 7.60 Å². The summed E-state index contributed by atoms with van der Waals surface area (Å²) in [5, 5.41) is 24.7. The largest absolute Gasteiger partial charge is 0.718 e. The zero-order chi connectivity index (χ0) is 14.1. The highest BCUT2D eigenvalue weighted by molar-refractivity contribution is 7.56. The van der Waals surface area contributed by atoms with E-state index in [-0.39, 0.29) is 19.5 Å². The Morgan fingerprint density at radius 3 is 1.76 bits per heavy atom. The minimum atomic E-state index is -4.18. The molecule has 0 amide bonds. The Hall–Kier alpha value is -0.375. The second kappa shape index (κ2) is 8.68. The molecule has 3 N–H and O–H groups in total. The molecule has 17 heavy (non-hydrogen) atoms. The Bertz CT molecular complexity index is 250. The summed E-state index contributed by atoms with van der Waals surface area (Å²) in [6.07, 6.45) is -0.279. The molecule has 7 nitrogen and oxygen atoms in total. The molecule has 102 valence electrons. The summed E-state index contributed by atoms with van der Waals surface area (Å²) < 4.78 is 40.3. The first-order chi connectivity index (χ1) is 7.66. The van der Waals surface area contributed by atoms with Crippen molar-refractivity contribution in [3.63, 3.8) is 0 Å². The molecule has 0 radical (unpaired) electrons. The Balaban J connectivity index is 0. The lowest BCUT2D eigenvalue weighted by Crippen LogP contribution is -2.32. The molecule has 0 unspecified atom stereocenters. The van der Waals surface area contributed by atoms with E-state index >= 15 is 0 Å². The maximum absolute atomic E-state index is 11.5. The van der Waals surface area contributed by atoms with Crippen molar-refractivity contribution in [3.8, 4) is 0 Å². The van der Waals surface area contributed by atoms with Crippen LogP contribution in [0.25, 0.3) is 0 Å². The molecule has 0 heterocycles. The van der Waals surface area contributed by atoms with E-state index in [2.05, 4.69) is 9.05 Å². The summed E-state index contributed by atoms with van der Waals surface area (Å²) in [5.74, 6) is 0. The van der Waals surface area contributed by atoms with Crippen LogP contribution in [0.3, 0.4) is 0 Å². The summed E-state index contributed by atoms with van der Waals surface area (Å²) in [5.41, 5.74) is -3.07. The smallest absolute Gasteiger partial charge is 0.395 e. The molecule has 0 rings (SSSR count). The summed E-state index contributed by atoms with van der Waals surface area (Å²) >= 11 is 0. The van der Waals surface area contributed by atoms with Gasteiger partial charge >= 0.3 is 20.6 Å². The zero-order valence-electron chi connectivity index (χ0n) is 9.25. The fourth-order valence-corrected chi connectivity index (χ4v) is 1.90. The molecule has 0 saturated heterocycles. The highest BCUT2D eigenvalue weighted by Crippen LogP contribution is 2.56. The number of rotatable bonds is 6. The molecule has 0 atom stereocenters. The average molecular weight is 278 g/mol. The van der Waals surface area contributed by atoms with Gasteiger partial charge in [-0.25, -0.2) is 0 Å². The summed E-state index contributed by atoms with van der Waals surface area (Å²) in [7, 11) is -7.35. The van der Waals surface area contributed by atoms with Crippen molar-refractivity contribution in [1.82, 2.24) is 0 Å². The predicted octanol–water partition coefficient (Wildman–Crippen LogP) is -0.00760. The molecule has 0 fully saturated rings. The van der Waals surface area contributed by atoms with Gasteiger partial charge in [-0.2, -0.15) is 0 Å². The number of aldehydes is 1. The van der Waals surface area contributed by atoms with Gasteiger partial charge in [0.05, 0.1) is 13.2 Å². The van der Waals surface area contributed by atoms with Crippen molar-refractivity contribution < 1.29 is 42.3 Å². The molecule has 0 aliphatic heterocycles. The topological polar surface area (TPSA) is 113 Å². The highest BCUT2D eigenvalue weighted by Gasteiger charge is 2.49. The molecular formula is C6H14BF2O7P. The monoisotopic (exact) mass is 278 g/mol. The lowest BCUT2D eigenvalue weighted by molar-refractivity contribution is -0.147. The standard InChI is InChI=1S/C6H13O6P.BF2HO/c1-3-11-13(10,12-4-2)6(8,9)5-7;2-1(3)4/h5,8-9H,3-4H2,1-2H3;4H. The first kappa shape index (κ1) is 19.0. The van der Waals surface area contributed by atoms with Gasteiger partial charge in [0.15, 0.2) is 6.29 Å². The number of hydrogen-bond acceptors (Lipinski definition) is 7. The van der Waals surface area contributed by atoms with Gasteiger partial charge in [0, 0.05) is 0 Å². The van der Waals surface area contributed by atoms with Crippen molar-refractivity contribution in [2.75, 3.05) is 13.2 Å². The molecule has 0 aromatic carbocycles. The van der Waals surface area contributed by atoms with Crippen LogP contribution in [-0.2, 0) is 18.4 Å². The Morgan fingerprint density at radius 2 is 1.59 bits per heavy atom. The third kappa shape index (κ3) is 7.53. The van der Waals surface area contributed by atoms with Crippen molar-refractivity contribution in [2.45, 2.75) is 19.4 Å². The van der Waals surface area contributed by atoms with E-state index < -0.39 is 20.6 Å². The summed E-state index contributed by atoms with van der Waals surface area (Å²) in [6, 6.07) is 0. The van der Waals surface area contributed by atoms with Crippen molar-refractivity contribution in [1.29, 1.82) is 0 Å². The van der Waals surface area contributed by atoms with Gasteiger partial charge < -0.3 is 24.3 Å². The van der Waals surface area contributed by atoms with E-state index in [0.29, 0.717) is 0 Å². The fraction of sp³-hybridized carbons (Fsp3) is 0.833. The lowest BCUT2D eigenvalue weighted by Gasteiger charge is -2.24. The van der Waals surface area contributed by atoms with E-state index in [0.717, 1.165) is 0 Å². The number of halogens is 2. The highest BCUT2D eigenvalue weighted by atomic mass is 31.2. The molecule has 0 bridgehead atoms. The molecule has 0 aromatic heterocycles. The van der Waals surface area contributed by atoms with Gasteiger partial charge in [-0.05, 0) is 13.8 Å². The summed E-state index contributed by atoms with van der Waals surface area (Å²) in [6.45, 7) is 2.89. The van der Waals surface area contributed by atoms with E-state index in [1.807, 2.05) is 0 Å². The molecule has 0 spiro atoms. The molecule has 0 aromatic rings. The predicted molar refractivity (Wildman–Crippen MR) is 54.3 cm³/mol. The minimum Gasteiger partial charge on any atom is -0.395 e. The van der Waals surface area contributed by atoms with Gasteiger partial charge in [0.25, 0.3) is 0 Å². The molecule has 11 heteroatoms. The fourth-order valence-electron chi connectivity index (χ4n) is 0.632. The van der Waals surface area contributed by atoms with Crippen molar-refractivity contribution in [2.24, 2.45) is 0 Å². The minimum absolute atomic E-state index is 0.0476. The molecule has 0 saturated carbocycles. The van der Waals surface area contributed by atoms with Crippen LogP contribution in [0.5, 0.6) is 0 Å². The first-order valence-electron chi connectivity index (χ1n) is 4.43. The van der Waals surface area contributed by atoms with Crippen LogP contribution in [0.15, 0.2) is 0 Å². The van der Waals surface area contributed by atoms with E-state index in [1.165, 1.54) is 13.8 Å². The van der Waals surface area contributed by atoms with Gasteiger partial charge in [0.2, 0.25) is 0 Å². The molecular weight excluding hydrogens is 264 g/mol. The Morgan fingerprint density at radius 1 is 1.29 bits per heavy atom. The van der Waals surface area contributed by atoms with Gasteiger partial charge in [0.1, 0.15) is 0 Å². The van der Waals surface area contributed by atoms with Crippen LogP contribution in [0.1, 0.15) is 13.8 Å². The zero-order valence-corrected chi connectivity index (χ0v) is 10.1. The van der Waals surface area contributed by atoms with E-state index in [9.17, 15) is 18.0 Å². The molecule has 0 aliphatic rings. The van der Waals surface area contributed by atoms with Gasteiger partial charge in [-0.3, -0.25) is 18.0 Å². The maximum Gasteiger partial charge on any atom is 0.718 e. The van der Waals surface area contributed by atoms with Crippen molar-refractivity contribution in [3.05, 3.63) is 0 Å². The third-order valence-electron chi connectivity index (χ3n) is 1.16. The van der Waals surface area contributed by atoms with Crippen LogP contribution in [-0.4, -0.2) is 47.7 Å². The van der Waals surface area contributed by atoms with E-state index in [1.54, 1.807) is 0 Å². The van der Waals surface area contributed by atoms with Crippen LogP contribution in [0.2, 0.25) is 0 Å².